The zero-order chi connectivity index (χ0) is 12.4. The number of carbonyl (C=O) groups is 1. The first-order valence-electron chi connectivity index (χ1n) is 4.49. The first-order chi connectivity index (χ1) is 8.11. The summed E-state index contributed by atoms with van der Waals surface area (Å²) in [6, 6.07) is 4.85. The zero-order valence-electron chi connectivity index (χ0n) is 8.61. The number of esters is 1. The Labute approximate surface area is 106 Å². The maximum absolute atomic E-state index is 11.1. The second-order valence-electron chi connectivity index (χ2n) is 3.04. The number of methoxy groups -OCH3 is 1. The number of hydrogen-bond donors (Lipinski definition) is 0. The van der Waals surface area contributed by atoms with E-state index < -0.39 is 5.97 Å². The van der Waals surface area contributed by atoms with Gasteiger partial charge in [-0.25, -0.2) is 4.79 Å². The summed E-state index contributed by atoms with van der Waals surface area (Å²) in [4.78, 5) is 15.0. The molecule has 0 spiro atoms. The molecule has 0 aliphatic carbocycles. The molecule has 0 N–H and O–H groups in total. The minimum absolute atomic E-state index is 0.214. The van der Waals surface area contributed by atoms with Crippen LogP contribution in [0.5, 0.6) is 0 Å². The Hall–Kier alpha value is -1.59. The van der Waals surface area contributed by atoms with E-state index in [2.05, 4.69) is 14.9 Å². The molecule has 0 fully saturated rings. The first-order valence-corrected chi connectivity index (χ1v) is 5.25. The van der Waals surface area contributed by atoms with E-state index >= 15 is 0 Å². The molecule has 2 aromatic rings. The molecule has 1 heterocycles. The molecule has 5 nitrogen and oxygen atoms in total. The summed E-state index contributed by atoms with van der Waals surface area (Å²) in [7, 11) is 1.23. The van der Waals surface area contributed by atoms with Gasteiger partial charge in [-0.15, -0.1) is 0 Å². The van der Waals surface area contributed by atoms with Crippen LogP contribution >= 0.6 is 23.2 Å². The van der Waals surface area contributed by atoms with Gasteiger partial charge in [0, 0.05) is 5.56 Å². The lowest BCUT2D eigenvalue weighted by Gasteiger charge is -1.97. The molecule has 2 rings (SSSR count). The smallest absolute Gasteiger partial charge is 0.397 e. The Morgan fingerprint density at radius 1 is 1.35 bits per heavy atom. The van der Waals surface area contributed by atoms with Crippen molar-refractivity contribution in [3.8, 4) is 11.4 Å². The molecule has 0 aliphatic heterocycles. The molecule has 0 aliphatic rings. The lowest BCUT2D eigenvalue weighted by atomic mass is 10.2. The van der Waals surface area contributed by atoms with E-state index in [4.69, 9.17) is 27.7 Å². The number of ether oxygens (including phenoxy) is 1. The number of rotatable bonds is 2. The van der Waals surface area contributed by atoms with Crippen LogP contribution in [0.2, 0.25) is 10.0 Å². The van der Waals surface area contributed by atoms with Gasteiger partial charge in [0.1, 0.15) is 0 Å². The van der Waals surface area contributed by atoms with Crippen LogP contribution in [0, 0.1) is 0 Å². The number of halogens is 2. The van der Waals surface area contributed by atoms with Gasteiger partial charge in [0.05, 0.1) is 17.2 Å². The van der Waals surface area contributed by atoms with Crippen LogP contribution in [-0.2, 0) is 4.74 Å². The highest BCUT2D eigenvalue weighted by atomic mass is 35.5. The second-order valence-corrected chi connectivity index (χ2v) is 3.86. The number of aromatic nitrogens is 2. The van der Waals surface area contributed by atoms with Crippen molar-refractivity contribution in [3.05, 3.63) is 34.1 Å². The van der Waals surface area contributed by atoms with Crippen molar-refractivity contribution < 1.29 is 14.1 Å². The van der Waals surface area contributed by atoms with E-state index in [1.54, 1.807) is 18.2 Å². The van der Waals surface area contributed by atoms with Crippen molar-refractivity contribution in [3.63, 3.8) is 0 Å². The van der Waals surface area contributed by atoms with Crippen LogP contribution < -0.4 is 0 Å². The summed E-state index contributed by atoms with van der Waals surface area (Å²) in [5.41, 5.74) is 0.596. The molecule has 1 aromatic heterocycles. The van der Waals surface area contributed by atoms with E-state index in [9.17, 15) is 4.79 Å². The Morgan fingerprint density at radius 2 is 2.12 bits per heavy atom. The Bertz CT molecular complexity index is 568. The highest BCUT2D eigenvalue weighted by molar-refractivity contribution is 6.42. The van der Waals surface area contributed by atoms with Gasteiger partial charge in [0.2, 0.25) is 5.82 Å². The van der Waals surface area contributed by atoms with Crippen molar-refractivity contribution in [2.75, 3.05) is 7.11 Å². The lowest BCUT2D eigenvalue weighted by molar-refractivity contribution is 0.0545. The van der Waals surface area contributed by atoms with Crippen molar-refractivity contribution >= 4 is 29.2 Å². The van der Waals surface area contributed by atoms with Crippen LogP contribution in [0.3, 0.4) is 0 Å². The normalized spacial score (nSPS) is 10.3. The molecule has 17 heavy (non-hydrogen) atoms. The summed E-state index contributed by atoms with van der Waals surface area (Å²) in [5, 5.41) is 4.43. The molecule has 0 bridgehead atoms. The molecular formula is C10H6Cl2N2O3. The van der Waals surface area contributed by atoms with E-state index in [0.717, 1.165) is 0 Å². The zero-order valence-corrected chi connectivity index (χ0v) is 10.1. The molecule has 0 amide bonds. The molecule has 7 heteroatoms. The third-order valence-corrected chi connectivity index (χ3v) is 2.70. The molecule has 0 unspecified atom stereocenters. The van der Waals surface area contributed by atoms with Crippen molar-refractivity contribution in [2.45, 2.75) is 0 Å². The van der Waals surface area contributed by atoms with Crippen LogP contribution in [0.4, 0.5) is 0 Å². The third-order valence-electron chi connectivity index (χ3n) is 1.96. The van der Waals surface area contributed by atoms with E-state index in [0.29, 0.717) is 15.6 Å². The fraction of sp³-hybridized carbons (Fsp3) is 0.100. The highest BCUT2D eigenvalue weighted by Crippen LogP contribution is 2.26. The quantitative estimate of drug-likeness (QED) is 0.787. The Balaban J connectivity index is 2.37. The summed E-state index contributed by atoms with van der Waals surface area (Å²) >= 11 is 11.6. The lowest BCUT2D eigenvalue weighted by Crippen LogP contribution is -2.00. The van der Waals surface area contributed by atoms with Crippen molar-refractivity contribution in [1.82, 2.24) is 10.1 Å². The molecule has 0 atom stereocenters. The largest absolute Gasteiger partial charge is 0.462 e. The molecular weight excluding hydrogens is 267 g/mol. The van der Waals surface area contributed by atoms with E-state index in [1.807, 2.05) is 0 Å². The molecule has 88 valence electrons. The molecule has 0 saturated carbocycles. The standard InChI is InChI=1S/C10H6Cl2N2O3/c1-16-10(15)9-13-8(14-17-9)5-2-3-6(11)7(12)4-5/h2-4H,1H3. The summed E-state index contributed by atoms with van der Waals surface area (Å²) in [6.45, 7) is 0. The van der Waals surface area contributed by atoms with Gasteiger partial charge in [-0.05, 0) is 18.2 Å². The maximum atomic E-state index is 11.1. The van der Waals surface area contributed by atoms with Gasteiger partial charge in [0.15, 0.2) is 0 Å². The fourth-order valence-electron chi connectivity index (χ4n) is 1.15. The third kappa shape index (κ3) is 2.40. The molecule has 0 radical (unpaired) electrons. The van der Waals surface area contributed by atoms with Gasteiger partial charge < -0.3 is 9.26 Å². The summed E-state index contributed by atoms with van der Waals surface area (Å²) < 4.78 is 9.18. The van der Waals surface area contributed by atoms with Gasteiger partial charge in [-0.1, -0.05) is 28.4 Å². The van der Waals surface area contributed by atoms with Gasteiger partial charge in [0.25, 0.3) is 0 Å². The number of carbonyl (C=O) groups excluding carboxylic acids is 1. The number of nitrogens with zero attached hydrogens (tertiary/aromatic N) is 2. The van der Waals surface area contributed by atoms with Crippen molar-refractivity contribution in [1.29, 1.82) is 0 Å². The van der Waals surface area contributed by atoms with E-state index in [-0.39, 0.29) is 11.7 Å². The van der Waals surface area contributed by atoms with Crippen LogP contribution in [-0.4, -0.2) is 23.2 Å². The van der Waals surface area contributed by atoms with Gasteiger partial charge >= 0.3 is 11.9 Å². The average molecular weight is 273 g/mol. The minimum atomic E-state index is -0.691. The average Bonchev–Trinajstić information content (AvgIpc) is 2.81. The first kappa shape index (κ1) is 11.9. The Kier molecular flexibility index (Phi) is 3.31. The highest BCUT2D eigenvalue weighted by Gasteiger charge is 2.16. The number of benzene rings is 1. The second kappa shape index (κ2) is 4.73. The maximum Gasteiger partial charge on any atom is 0.397 e. The topological polar surface area (TPSA) is 65.2 Å². The predicted molar refractivity (Wildman–Crippen MR) is 61.1 cm³/mol. The minimum Gasteiger partial charge on any atom is -0.462 e. The molecule has 0 saturated heterocycles. The monoisotopic (exact) mass is 272 g/mol. The van der Waals surface area contributed by atoms with E-state index in [1.165, 1.54) is 7.11 Å². The summed E-state index contributed by atoms with van der Waals surface area (Å²) in [6.07, 6.45) is 0. The predicted octanol–water partition coefficient (Wildman–Crippen LogP) is 2.83. The number of hydrogen-bond acceptors (Lipinski definition) is 5. The van der Waals surface area contributed by atoms with Crippen LogP contribution in [0.15, 0.2) is 22.7 Å². The van der Waals surface area contributed by atoms with Crippen LogP contribution in [0.1, 0.15) is 10.7 Å². The fourth-order valence-corrected chi connectivity index (χ4v) is 1.44. The van der Waals surface area contributed by atoms with Gasteiger partial charge in [-0.2, -0.15) is 4.98 Å². The SMILES string of the molecule is COC(=O)c1nc(-c2ccc(Cl)c(Cl)c2)no1. The van der Waals surface area contributed by atoms with Crippen molar-refractivity contribution in [2.24, 2.45) is 0 Å². The molecule has 1 aromatic carbocycles. The van der Waals surface area contributed by atoms with Crippen LogP contribution in [0.25, 0.3) is 11.4 Å². The Morgan fingerprint density at radius 3 is 2.76 bits per heavy atom. The summed E-state index contributed by atoms with van der Waals surface area (Å²) in [5.74, 6) is -0.665. The van der Waals surface area contributed by atoms with Gasteiger partial charge in [-0.3, -0.25) is 0 Å².